The van der Waals surface area contributed by atoms with Crippen molar-refractivity contribution >= 4 is 33.0 Å². The maximum atomic E-state index is 12.1. The zero-order chi connectivity index (χ0) is 18.3. The smallest absolute Gasteiger partial charge is 0.224 e. The fraction of sp³-hybridized carbons (Fsp3) is 0.389. The first-order valence-electron chi connectivity index (χ1n) is 8.22. The maximum Gasteiger partial charge on any atom is 0.224 e. The van der Waals surface area contributed by atoms with Gasteiger partial charge in [-0.05, 0) is 41.5 Å². The Balaban J connectivity index is 1.90. The standard InChI is InChI=1S/C18H24N2O3S2/c1-14(2)12-19-25(22,23)13-15-5-3-6-16(11-15)20-18(21)9-8-17-7-4-10-24-17/h3-7,10-11,14,19H,8-9,12-13H2,1-2H3,(H,20,21). The lowest BCUT2D eigenvalue weighted by atomic mass is 10.2. The zero-order valence-corrected chi connectivity index (χ0v) is 16.1. The Hall–Kier alpha value is -1.70. The Kier molecular flexibility index (Phi) is 7.16. The quantitative estimate of drug-likeness (QED) is 0.700. The highest BCUT2D eigenvalue weighted by molar-refractivity contribution is 7.88. The summed E-state index contributed by atoms with van der Waals surface area (Å²) in [6, 6.07) is 10.9. The Morgan fingerprint density at radius 1 is 1.20 bits per heavy atom. The predicted molar refractivity (Wildman–Crippen MR) is 103 cm³/mol. The van der Waals surface area contributed by atoms with Crippen LogP contribution in [-0.2, 0) is 27.0 Å². The molecule has 0 bridgehead atoms. The number of carbonyl (C=O) groups excluding carboxylic acids is 1. The van der Waals surface area contributed by atoms with E-state index in [1.165, 1.54) is 4.88 Å². The summed E-state index contributed by atoms with van der Waals surface area (Å²) in [7, 11) is -3.38. The average Bonchev–Trinajstić information content (AvgIpc) is 3.04. The molecule has 0 radical (unpaired) electrons. The molecule has 136 valence electrons. The number of rotatable bonds is 9. The number of sulfonamides is 1. The molecule has 1 aromatic heterocycles. The van der Waals surface area contributed by atoms with Gasteiger partial charge in [0.2, 0.25) is 15.9 Å². The molecule has 5 nitrogen and oxygen atoms in total. The number of nitrogens with one attached hydrogen (secondary N) is 2. The monoisotopic (exact) mass is 380 g/mol. The third-order valence-corrected chi connectivity index (χ3v) is 5.71. The van der Waals surface area contributed by atoms with Crippen LogP contribution in [0.5, 0.6) is 0 Å². The molecule has 0 saturated heterocycles. The van der Waals surface area contributed by atoms with E-state index in [0.29, 0.717) is 30.6 Å². The molecule has 1 aromatic carbocycles. The fourth-order valence-corrected chi connectivity index (χ4v) is 4.23. The molecule has 2 aromatic rings. The Labute approximate surface area is 153 Å². The lowest BCUT2D eigenvalue weighted by Crippen LogP contribution is -2.28. The molecular formula is C18H24N2O3S2. The van der Waals surface area contributed by atoms with Crippen molar-refractivity contribution in [3.8, 4) is 0 Å². The van der Waals surface area contributed by atoms with E-state index < -0.39 is 10.0 Å². The van der Waals surface area contributed by atoms with Crippen molar-refractivity contribution in [3.05, 3.63) is 52.2 Å². The number of anilines is 1. The lowest BCUT2D eigenvalue weighted by Gasteiger charge is -2.10. The SMILES string of the molecule is CC(C)CNS(=O)(=O)Cc1cccc(NC(=O)CCc2cccs2)c1. The molecule has 0 aliphatic carbocycles. The molecule has 0 saturated carbocycles. The highest BCUT2D eigenvalue weighted by atomic mass is 32.2. The van der Waals surface area contributed by atoms with Crippen LogP contribution >= 0.6 is 11.3 Å². The van der Waals surface area contributed by atoms with Crippen LogP contribution in [0.3, 0.4) is 0 Å². The molecule has 2 N–H and O–H groups in total. The Morgan fingerprint density at radius 2 is 2.00 bits per heavy atom. The lowest BCUT2D eigenvalue weighted by molar-refractivity contribution is -0.116. The minimum atomic E-state index is -3.38. The number of amides is 1. The third-order valence-electron chi connectivity index (χ3n) is 3.46. The van der Waals surface area contributed by atoms with Crippen LogP contribution in [-0.4, -0.2) is 20.9 Å². The molecule has 0 spiro atoms. The second kappa shape index (κ2) is 9.12. The number of carbonyl (C=O) groups is 1. The van der Waals surface area contributed by atoms with E-state index in [1.54, 1.807) is 35.6 Å². The van der Waals surface area contributed by atoms with E-state index >= 15 is 0 Å². The van der Waals surface area contributed by atoms with Gasteiger partial charge in [0.1, 0.15) is 0 Å². The second-order valence-electron chi connectivity index (χ2n) is 6.33. The van der Waals surface area contributed by atoms with Gasteiger partial charge in [0.15, 0.2) is 0 Å². The second-order valence-corrected chi connectivity index (χ2v) is 9.17. The van der Waals surface area contributed by atoms with Crippen LogP contribution in [0.2, 0.25) is 0 Å². The first-order valence-corrected chi connectivity index (χ1v) is 10.8. The van der Waals surface area contributed by atoms with Gasteiger partial charge in [-0.25, -0.2) is 13.1 Å². The number of aryl methyl sites for hydroxylation is 1. The normalized spacial score (nSPS) is 11.6. The van der Waals surface area contributed by atoms with Crippen molar-refractivity contribution in [2.75, 3.05) is 11.9 Å². The molecule has 0 unspecified atom stereocenters. The van der Waals surface area contributed by atoms with Crippen LogP contribution in [0.25, 0.3) is 0 Å². The highest BCUT2D eigenvalue weighted by Crippen LogP contribution is 2.15. The van der Waals surface area contributed by atoms with E-state index in [9.17, 15) is 13.2 Å². The van der Waals surface area contributed by atoms with Crippen molar-refractivity contribution in [1.29, 1.82) is 0 Å². The molecule has 1 amide bonds. The number of thiophene rings is 1. The third kappa shape index (κ3) is 7.37. The predicted octanol–water partition coefficient (Wildman–Crippen LogP) is 3.39. The summed E-state index contributed by atoms with van der Waals surface area (Å²) >= 11 is 1.63. The highest BCUT2D eigenvalue weighted by Gasteiger charge is 2.12. The van der Waals surface area contributed by atoms with E-state index in [1.807, 2.05) is 31.4 Å². The minimum Gasteiger partial charge on any atom is -0.326 e. The number of benzene rings is 1. The summed E-state index contributed by atoms with van der Waals surface area (Å²) in [6.45, 7) is 4.32. The van der Waals surface area contributed by atoms with Gasteiger partial charge in [0.25, 0.3) is 0 Å². The molecule has 7 heteroatoms. The van der Waals surface area contributed by atoms with E-state index in [0.717, 1.165) is 0 Å². The van der Waals surface area contributed by atoms with E-state index in [4.69, 9.17) is 0 Å². The summed E-state index contributed by atoms with van der Waals surface area (Å²) in [6.07, 6.45) is 1.11. The van der Waals surface area contributed by atoms with Gasteiger partial charge in [-0.2, -0.15) is 0 Å². The fourth-order valence-electron chi connectivity index (χ4n) is 2.22. The molecular weight excluding hydrogens is 356 g/mol. The molecule has 25 heavy (non-hydrogen) atoms. The van der Waals surface area contributed by atoms with Crippen molar-refractivity contribution < 1.29 is 13.2 Å². The van der Waals surface area contributed by atoms with Gasteiger partial charge in [-0.15, -0.1) is 11.3 Å². The van der Waals surface area contributed by atoms with Crippen LogP contribution in [0, 0.1) is 5.92 Å². The van der Waals surface area contributed by atoms with E-state index in [-0.39, 0.29) is 17.6 Å². The van der Waals surface area contributed by atoms with Crippen LogP contribution in [0.1, 0.15) is 30.7 Å². The summed E-state index contributed by atoms with van der Waals surface area (Å²) in [5.74, 6) is 0.0774. The number of hydrogen-bond acceptors (Lipinski definition) is 4. The zero-order valence-electron chi connectivity index (χ0n) is 14.5. The topological polar surface area (TPSA) is 75.3 Å². The van der Waals surface area contributed by atoms with Crippen LogP contribution in [0.15, 0.2) is 41.8 Å². The van der Waals surface area contributed by atoms with Gasteiger partial charge in [-0.1, -0.05) is 32.0 Å². The molecule has 0 aliphatic rings. The largest absolute Gasteiger partial charge is 0.326 e. The first kappa shape index (κ1) is 19.6. The van der Waals surface area contributed by atoms with Crippen LogP contribution in [0.4, 0.5) is 5.69 Å². The van der Waals surface area contributed by atoms with Crippen molar-refractivity contribution in [2.24, 2.45) is 5.92 Å². The van der Waals surface area contributed by atoms with Gasteiger partial charge >= 0.3 is 0 Å². The Morgan fingerprint density at radius 3 is 2.68 bits per heavy atom. The summed E-state index contributed by atoms with van der Waals surface area (Å²) < 4.78 is 26.7. The molecule has 0 atom stereocenters. The van der Waals surface area contributed by atoms with Gasteiger partial charge in [0.05, 0.1) is 5.75 Å². The van der Waals surface area contributed by atoms with Gasteiger partial charge in [-0.3, -0.25) is 4.79 Å². The summed E-state index contributed by atoms with van der Waals surface area (Å²) in [5, 5.41) is 4.82. The first-order chi connectivity index (χ1) is 11.8. The summed E-state index contributed by atoms with van der Waals surface area (Å²) in [4.78, 5) is 13.2. The maximum absolute atomic E-state index is 12.1. The van der Waals surface area contributed by atoms with Gasteiger partial charge in [0, 0.05) is 23.5 Å². The molecule has 1 heterocycles. The van der Waals surface area contributed by atoms with Gasteiger partial charge < -0.3 is 5.32 Å². The van der Waals surface area contributed by atoms with Crippen LogP contribution < -0.4 is 10.0 Å². The minimum absolute atomic E-state index is 0.0775. The Bertz CT molecular complexity index is 784. The molecule has 0 aliphatic heterocycles. The van der Waals surface area contributed by atoms with Crippen molar-refractivity contribution in [3.63, 3.8) is 0 Å². The average molecular weight is 381 g/mol. The number of hydrogen-bond donors (Lipinski definition) is 2. The van der Waals surface area contributed by atoms with Crippen molar-refractivity contribution in [1.82, 2.24) is 4.72 Å². The van der Waals surface area contributed by atoms with E-state index in [2.05, 4.69) is 10.0 Å². The molecule has 0 fully saturated rings. The molecule has 2 rings (SSSR count). The summed E-state index contributed by atoms with van der Waals surface area (Å²) in [5.41, 5.74) is 1.26. The van der Waals surface area contributed by atoms with Crippen molar-refractivity contribution in [2.45, 2.75) is 32.4 Å².